The van der Waals surface area contributed by atoms with Gasteiger partial charge in [-0.3, -0.25) is 4.98 Å². The molecule has 0 saturated heterocycles. The molecule has 0 bridgehead atoms. The zero-order chi connectivity index (χ0) is 12.8. The Bertz CT molecular complexity index is 363. The van der Waals surface area contributed by atoms with Gasteiger partial charge in [0.25, 0.3) is 0 Å². The Morgan fingerprint density at radius 3 is 3.00 bits per heavy atom. The average molecular weight is 248 g/mol. The second-order valence-corrected chi connectivity index (χ2v) is 5.37. The summed E-state index contributed by atoms with van der Waals surface area (Å²) in [6.45, 7) is 6.27. The lowest BCUT2D eigenvalue weighted by Gasteiger charge is -2.13. The maximum Gasteiger partial charge on any atom is 0.137 e. The van der Waals surface area contributed by atoms with Crippen molar-refractivity contribution in [3.05, 3.63) is 24.0 Å². The molecule has 3 nitrogen and oxygen atoms in total. The first-order valence-corrected chi connectivity index (χ1v) is 7.08. The summed E-state index contributed by atoms with van der Waals surface area (Å²) >= 11 is 0. The molecule has 0 radical (unpaired) electrons. The van der Waals surface area contributed by atoms with Crippen LogP contribution < -0.4 is 10.1 Å². The summed E-state index contributed by atoms with van der Waals surface area (Å²) in [5.41, 5.74) is 1.27. The van der Waals surface area contributed by atoms with Crippen molar-refractivity contribution < 1.29 is 4.74 Å². The van der Waals surface area contributed by atoms with E-state index in [1.165, 1.54) is 18.4 Å². The number of ether oxygens (including phenoxy) is 1. The van der Waals surface area contributed by atoms with Crippen LogP contribution in [0.5, 0.6) is 5.75 Å². The lowest BCUT2D eigenvalue weighted by atomic mass is 10.0. The molecule has 1 fully saturated rings. The smallest absolute Gasteiger partial charge is 0.137 e. The van der Waals surface area contributed by atoms with E-state index >= 15 is 0 Å². The lowest BCUT2D eigenvalue weighted by molar-refractivity contribution is 0.315. The van der Waals surface area contributed by atoms with Gasteiger partial charge >= 0.3 is 0 Å². The van der Waals surface area contributed by atoms with Crippen LogP contribution in [0, 0.1) is 5.92 Å². The van der Waals surface area contributed by atoms with Crippen LogP contribution in [0.15, 0.2) is 18.5 Å². The number of hydrogen-bond donors (Lipinski definition) is 1. The summed E-state index contributed by atoms with van der Waals surface area (Å²) in [6, 6.07) is 2.92. The van der Waals surface area contributed by atoms with Gasteiger partial charge in [-0.25, -0.2) is 0 Å². The molecule has 100 valence electrons. The molecule has 0 aliphatic heterocycles. The number of nitrogens with one attached hydrogen (secondary N) is 1. The molecule has 1 N–H and O–H groups in total. The van der Waals surface area contributed by atoms with Gasteiger partial charge in [0.15, 0.2) is 0 Å². The summed E-state index contributed by atoms with van der Waals surface area (Å²) in [7, 11) is 0. The minimum Gasteiger partial charge on any atom is -0.492 e. The highest BCUT2D eigenvalue weighted by molar-refractivity contribution is 5.23. The van der Waals surface area contributed by atoms with Crippen LogP contribution in [0.3, 0.4) is 0 Å². The Labute approximate surface area is 110 Å². The largest absolute Gasteiger partial charge is 0.492 e. The fourth-order valence-electron chi connectivity index (χ4n) is 2.00. The van der Waals surface area contributed by atoms with Gasteiger partial charge in [0.1, 0.15) is 5.75 Å². The highest BCUT2D eigenvalue weighted by Crippen LogP contribution is 2.20. The summed E-state index contributed by atoms with van der Waals surface area (Å²) in [5, 5.41) is 3.57. The Morgan fingerprint density at radius 2 is 2.28 bits per heavy atom. The second-order valence-electron chi connectivity index (χ2n) is 5.37. The van der Waals surface area contributed by atoms with Crippen LogP contribution in [0.4, 0.5) is 0 Å². The quantitative estimate of drug-likeness (QED) is 0.768. The van der Waals surface area contributed by atoms with E-state index in [2.05, 4.69) is 30.2 Å². The van der Waals surface area contributed by atoms with Gasteiger partial charge in [0.05, 0.1) is 12.8 Å². The maximum atomic E-state index is 5.61. The summed E-state index contributed by atoms with van der Waals surface area (Å²) in [4.78, 5) is 4.25. The van der Waals surface area contributed by atoms with E-state index in [0.29, 0.717) is 5.92 Å². The third-order valence-electron chi connectivity index (χ3n) is 3.16. The fourth-order valence-corrected chi connectivity index (χ4v) is 2.00. The third-order valence-corrected chi connectivity index (χ3v) is 3.16. The van der Waals surface area contributed by atoms with Crippen molar-refractivity contribution in [3.8, 4) is 5.75 Å². The third kappa shape index (κ3) is 4.65. The van der Waals surface area contributed by atoms with Crippen LogP contribution in [0.25, 0.3) is 0 Å². The minimum absolute atomic E-state index is 0.647. The molecule has 1 aromatic heterocycles. The topological polar surface area (TPSA) is 34.1 Å². The fraction of sp³-hybridized carbons (Fsp3) is 0.667. The second kappa shape index (κ2) is 6.74. The van der Waals surface area contributed by atoms with E-state index in [1.807, 2.05) is 6.20 Å². The van der Waals surface area contributed by atoms with E-state index in [0.717, 1.165) is 37.8 Å². The molecule has 1 aliphatic carbocycles. The van der Waals surface area contributed by atoms with Crippen molar-refractivity contribution in [2.24, 2.45) is 5.92 Å². The number of pyridine rings is 1. The van der Waals surface area contributed by atoms with E-state index < -0.39 is 0 Å². The van der Waals surface area contributed by atoms with Crippen LogP contribution in [-0.2, 0) is 6.42 Å². The molecular weight excluding hydrogens is 224 g/mol. The predicted octanol–water partition coefficient (Wildman–Crippen LogP) is 2.80. The van der Waals surface area contributed by atoms with Crippen LogP contribution in [-0.4, -0.2) is 24.2 Å². The Balaban J connectivity index is 1.79. The highest BCUT2D eigenvalue weighted by atomic mass is 16.5. The normalized spacial score (nSPS) is 16.6. The molecule has 0 spiro atoms. The first kappa shape index (κ1) is 13.3. The van der Waals surface area contributed by atoms with Gasteiger partial charge in [-0.05, 0) is 49.8 Å². The Kier molecular flexibility index (Phi) is 5.00. The van der Waals surface area contributed by atoms with E-state index in [1.54, 1.807) is 6.20 Å². The van der Waals surface area contributed by atoms with Crippen molar-refractivity contribution in [1.29, 1.82) is 0 Å². The molecule has 0 amide bonds. The van der Waals surface area contributed by atoms with Crippen molar-refractivity contribution in [3.63, 3.8) is 0 Å². The Hall–Kier alpha value is -1.09. The first-order chi connectivity index (χ1) is 8.78. The number of rotatable bonds is 8. The molecule has 1 aromatic rings. The van der Waals surface area contributed by atoms with Gasteiger partial charge in [-0.1, -0.05) is 13.8 Å². The van der Waals surface area contributed by atoms with Gasteiger partial charge in [-0.2, -0.15) is 0 Å². The average Bonchev–Trinajstić information content (AvgIpc) is 3.18. The van der Waals surface area contributed by atoms with Gasteiger partial charge in [0, 0.05) is 12.2 Å². The van der Waals surface area contributed by atoms with Crippen molar-refractivity contribution >= 4 is 0 Å². The molecule has 1 heterocycles. The summed E-state index contributed by atoms with van der Waals surface area (Å²) in [6.07, 6.45) is 8.56. The number of hydrogen-bond acceptors (Lipinski definition) is 3. The molecule has 1 aliphatic rings. The van der Waals surface area contributed by atoms with E-state index in [4.69, 9.17) is 4.74 Å². The molecule has 1 unspecified atom stereocenters. The minimum atomic E-state index is 0.647. The number of aromatic nitrogens is 1. The molecule has 2 rings (SSSR count). The van der Waals surface area contributed by atoms with Gasteiger partial charge in [0.2, 0.25) is 0 Å². The predicted molar refractivity (Wildman–Crippen MR) is 73.9 cm³/mol. The molecule has 1 atom stereocenters. The molecule has 0 aromatic carbocycles. The summed E-state index contributed by atoms with van der Waals surface area (Å²) in [5.74, 6) is 1.55. The molecule has 18 heavy (non-hydrogen) atoms. The van der Waals surface area contributed by atoms with Crippen molar-refractivity contribution in [2.45, 2.75) is 45.6 Å². The monoisotopic (exact) mass is 248 g/mol. The lowest BCUT2D eigenvalue weighted by Crippen LogP contribution is -2.24. The van der Waals surface area contributed by atoms with Crippen LogP contribution >= 0.6 is 0 Å². The van der Waals surface area contributed by atoms with Crippen molar-refractivity contribution in [2.75, 3.05) is 13.2 Å². The SMILES string of the molecule is CCCOc1cncc(CC(C)CNC2CC2)c1. The molecular formula is C15H24N2O. The van der Waals surface area contributed by atoms with Crippen molar-refractivity contribution in [1.82, 2.24) is 10.3 Å². The first-order valence-electron chi connectivity index (χ1n) is 7.08. The van der Waals surface area contributed by atoms with Crippen LogP contribution in [0.1, 0.15) is 38.7 Å². The highest BCUT2D eigenvalue weighted by Gasteiger charge is 2.20. The molecule has 3 heteroatoms. The Morgan fingerprint density at radius 1 is 1.44 bits per heavy atom. The maximum absolute atomic E-state index is 5.61. The molecule has 1 saturated carbocycles. The number of nitrogens with zero attached hydrogens (tertiary/aromatic N) is 1. The standard InChI is InChI=1S/C15H24N2O/c1-3-6-18-15-8-13(10-16-11-15)7-12(2)9-17-14-4-5-14/h8,10-12,14,17H,3-7,9H2,1-2H3. The van der Waals surface area contributed by atoms with E-state index in [-0.39, 0.29) is 0 Å². The van der Waals surface area contributed by atoms with E-state index in [9.17, 15) is 0 Å². The zero-order valence-electron chi connectivity index (χ0n) is 11.5. The van der Waals surface area contributed by atoms with Crippen LogP contribution in [0.2, 0.25) is 0 Å². The summed E-state index contributed by atoms with van der Waals surface area (Å²) < 4.78 is 5.61. The van der Waals surface area contributed by atoms with Gasteiger partial charge in [-0.15, -0.1) is 0 Å². The zero-order valence-corrected chi connectivity index (χ0v) is 11.5. The van der Waals surface area contributed by atoms with Gasteiger partial charge < -0.3 is 10.1 Å².